The number of thiazole rings is 1. The van der Waals surface area contributed by atoms with Crippen LogP contribution in [0.2, 0.25) is 0 Å². The van der Waals surface area contributed by atoms with Gasteiger partial charge in [-0.2, -0.15) is 0 Å². The van der Waals surface area contributed by atoms with Gasteiger partial charge in [0.2, 0.25) is 0 Å². The lowest BCUT2D eigenvalue weighted by Crippen LogP contribution is -2.34. The van der Waals surface area contributed by atoms with Crippen LogP contribution in [0.3, 0.4) is 0 Å². The van der Waals surface area contributed by atoms with Crippen molar-refractivity contribution < 1.29 is 19.1 Å². The van der Waals surface area contributed by atoms with Gasteiger partial charge < -0.3 is 10.1 Å². The van der Waals surface area contributed by atoms with E-state index in [0.717, 1.165) is 0 Å². The summed E-state index contributed by atoms with van der Waals surface area (Å²) in [5.41, 5.74) is 1.98. The number of ether oxygens (including phenoxy) is 1. The Morgan fingerprint density at radius 1 is 1.00 bits per heavy atom. The Morgan fingerprint density at radius 2 is 1.65 bits per heavy atom. The first kappa shape index (κ1) is 22.3. The molecule has 0 fully saturated rings. The quantitative estimate of drug-likeness (QED) is 0.320. The van der Waals surface area contributed by atoms with E-state index < -0.39 is 5.91 Å². The summed E-state index contributed by atoms with van der Waals surface area (Å²) in [6, 6.07) is 15.2. The van der Waals surface area contributed by atoms with Gasteiger partial charge in [-0.15, -0.1) is 11.3 Å². The largest absolute Gasteiger partial charge is 0.466 e. The topological polar surface area (TPSA) is 97.4 Å². The number of thiocarbonyl (C=S) groups is 1. The van der Waals surface area contributed by atoms with E-state index in [1.165, 1.54) is 11.3 Å². The van der Waals surface area contributed by atoms with E-state index >= 15 is 0 Å². The standard InChI is InChI=1S/C22H19N3O4S2/c1-2-29-18(26)12-17-13-31-22(23-17)25-21(30)24-20(28)16-10-8-15(9-11-16)19(27)14-6-4-3-5-7-14/h3-11,13H,2,12H2,1H3,(H2,23,24,25,28,30). The SMILES string of the molecule is CCOC(=O)Cc1csc(NC(=S)NC(=O)c2ccc(C(=O)c3ccccc3)cc2)n1. The van der Waals surface area contributed by atoms with Crippen LogP contribution in [0, 0.1) is 0 Å². The van der Waals surface area contributed by atoms with Gasteiger partial charge in [-0.25, -0.2) is 4.98 Å². The molecule has 2 N–H and O–H groups in total. The summed E-state index contributed by atoms with van der Waals surface area (Å²) < 4.78 is 4.89. The third-order valence-corrected chi connectivity index (χ3v) is 5.09. The zero-order chi connectivity index (χ0) is 22.2. The molecule has 0 radical (unpaired) electrons. The number of hydrogen-bond acceptors (Lipinski definition) is 7. The fourth-order valence-electron chi connectivity index (χ4n) is 2.64. The summed E-state index contributed by atoms with van der Waals surface area (Å²) in [5, 5.41) is 7.63. The number of benzene rings is 2. The fourth-order valence-corrected chi connectivity index (χ4v) is 3.61. The molecule has 1 aromatic heterocycles. The van der Waals surface area contributed by atoms with Gasteiger partial charge in [-0.1, -0.05) is 42.5 Å². The molecule has 3 aromatic rings. The number of anilines is 1. The van der Waals surface area contributed by atoms with Crippen molar-refractivity contribution in [2.75, 3.05) is 11.9 Å². The molecule has 0 atom stereocenters. The first-order valence-electron chi connectivity index (χ1n) is 9.38. The van der Waals surface area contributed by atoms with E-state index in [2.05, 4.69) is 15.6 Å². The van der Waals surface area contributed by atoms with Gasteiger partial charge in [-0.05, 0) is 31.3 Å². The van der Waals surface area contributed by atoms with Crippen molar-refractivity contribution in [3.8, 4) is 0 Å². The van der Waals surface area contributed by atoms with Gasteiger partial charge in [-0.3, -0.25) is 19.7 Å². The summed E-state index contributed by atoms with van der Waals surface area (Å²) in [6.45, 7) is 2.05. The second-order valence-electron chi connectivity index (χ2n) is 6.31. The molecule has 7 nitrogen and oxygen atoms in total. The Labute approximate surface area is 188 Å². The van der Waals surface area contributed by atoms with Crippen molar-refractivity contribution in [1.29, 1.82) is 0 Å². The third kappa shape index (κ3) is 6.27. The monoisotopic (exact) mass is 453 g/mol. The number of carbonyl (C=O) groups excluding carboxylic acids is 3. The minimum Gasteiger partial charge on any atom is -0.466 e. The van der Waals surface area contributed by atoms with Crippen LogP contribution in [0.4, 0.5) is 5.13 Å². The number of hydrogen-bond donors (Lipinski definition) is 2. The van der Waals surface area contributed by atoms with Gasteiger partial charge in [0.1, 0.15) is 0 Å². The molecule has 2 aromatic carbocycles. The molecule has 9 heteroatoms. The molecule has 0 bridgehead atoms. The number of carbonyl (C=O) groups is 3. The Balaban J connectivity index is 1.55. The van der Waals surface area contributed by atoms with Gasteiger partial charge in [0, 0.05) is 22.1 Å². The van der Waals surface area contributed by atoms with Crippen molar-refractivity contribution in [3.63, 3.8) is 0 Å². The van der Waals surface area contributed by atoms with Crippen molar-refractivity contribution in [3.05, 3.63) is 82.4 Å². The number of nitrogens with one attached hydrogen (secondary N) is 2. The van der Waals surface area contributed by atoms with E-state index in [-0.39, 0.29) is 23.3 Å². The molecule has 3 rings (SSSR count). The molecule has 0 aliphatic carbocycles. The van der Waals surface area contributed by atoms with Crippen LogP contribution in [0.15, 0.2) is 60.0 Å². The number of rotatable bonds is 7. The van der Waals surface area contributed by atoms with E-state index in [1.54, 1.807) is 60.8 Å². The summed E-state index contributed by atoms with van der Waals surface area (Å²) in [7, 11) is 0. The Kier molecular flexibility index (Phi) is 7.58. The zero-order valence-electron chi connectivity index (χ0n) is 16.6. The molecule has 0 saturated carbocycles. The Morgan fingerprint density at radius 3 is 2.32 bits per heavy atom. The summed E-state index contributed by atoms with van der Waals surface area (Å²) in [4.78, 5) is 40.6. The number of esters is 1. The smallest absolute Gasteiger partial charge is 0.311 e. The minimum atomic E-state index is -0.417. The van der Waals surface area contributed by atoms with E-state index in [9.17, 15) is 14.4 Å². The maximum Gasteiger partial charge on any atom is 0.311 e. The number of ketones is 1. The lowest BCUT2D eigenvalue weighted by molar-refractivity contribution is -0.142. The fraction of sp³-hybridized carbons (Fsp3) is 0.136. The van der Waals surface area contributed by atoms with Crippen molar-refractivity contribution in [2.45, 2.75) is 13.3 Å². The lowest BCUT2D eigenvalue weighted by atomic mass is 10.0. The first-order valence-corrected chi connectivity index (χ1v) is 10.7. The second-order valence-corrected chi connectivity index (χ2v) is 7.57. The van der Waals surface area contributed by atoms with Gasteiger partial charge >= 0.3 is 5.97 Å². The van der Waals surface area contributed by atoms with Crippen LogP contribution in [0.1, 0.15) is 38.9 Å². The number of aromatic nitrogens is 1. The Bertz CT molecular complexity index is 1100. The highest BCUT2D eigenvalue weighted by Crippen LogP contribution is 2.16. The number of amides is 1. The van der Waals surface area contributed by atoms with Gasteiger partial charge in [0.25, 0.3) is 5.91 Å². The minimum absolute atomic E-state index is 0.0686. The molecule has 31 heavy (non-hydrogen) atoms. The molecule has 1 heterocycles. The molecule has 0 spiro atoms. The van der Waals surface area contributed by atoms with Gasteiger partial charge in [0.15, 0.2) is 16.0 Å². The predicted molar refractivity (Wildman–Crippen MR) is 122 cm³/mol. The van der Waals surface area contributed by atoms with Crippen LogP contribution in [-0.2, 0) is 16.0 Å². The van der Waals surface area contributed by atoms with Crippen molar-refractivity contribution in [1.82, 2.24) is 10.3 Å². The van der Waals surface area contributed by atoms with Gasteiger partial charge in [0.05, 0.1) is 18.7 Å². The second kappa shape index (κ2) is 10.6. The number of nitrogens with zero attached hydrogens (tertiary/aromatic N) is 1. The lowest BCUT2D eigenvalue weighted by Gasteiger charge is -2.08. The molecule has 1 amide bonds. The molecular weight excluding hydrogens is 434 g/mol. The molecule has 0 saturated heterocycles. The van der Waals surface area contributed by atoms with Crippen LogP contribution in [0.5, 0.6) is 0 Å². The van der Waals surface area contributed by atoms with Crippen LogP contribution >= 0.6 is 23.6 Å². The Hall–Kier alpha value is -3.43. The molecule has 0 unspecified atom stereocenters. The molecule has 158 valence electrons. The normalized spacial score (nSPS) is 10.2. The molecule has 0 aliphatic rings. The maximum absolute atomic E-state index is 12.4. The van der Waals surface area contributed by atoms with Crippen LogP contribution in [-0.4, -0.2) is 34.4 Å². The van der Waals surface area contributed by atoms with Crippen molar-refractivity contribution >= 4 is 51.5 Å². The van der Waals surface area contributed by atoms with E-state index in [4.69, 9.17) is 17.0 Å². The highest BCUT2D eigenvalue weighted by Gasteiger charge is 2.13. The van der Waals surface area contributed by atoms with E-state index in [0.29, 0.717) is 34.1 Å². The predicted octanol–water partition coefficient (Wildman–Crippen LogP) is 3.61. The van der Waals surface area contributed by atoms with Crippen LogP contribution in [0.25, 0.3) is 0 Å². The highest BCUT2D eigenvalue weighted by molar-refractivity contribution is 7.80. The summed E-state index contributed by atoms with van der Waals surface area (Å²) >= 11 is 6.42. The maximum atomic E-state index is 12.4. The first-order chi connectivity index (χ1) is 15.0. The molecular formula is C22H19N3O4S2. The highest BCUT2D eigenvalue weighted by atomic mass is 32.1. The zero-order valence-corrected chi connectivity index (χ0v) is 18.2. The van der Waals surface area contributed by atoms with Crippen LogP contribution < -0.4 is 10.6 Å². The van der Waals surface area contributed by atoms with E-state index in [1.807, 2.05) is 6.07 Å². The summed E-state index contributed by atoms with van der Waals surface area (Å²) in [6.07, 6.45) is 0.0686. The van der Waals surface area contributed by atoms with Crippen molar-refractivity contribution in [2.24, 2.45) is 0 Å². The average molecular weight is 454 g/mol. The average Bonchev–Trinajstić information content (AvgIpc) is 3.20. The third-order valence-electron chi connectivity index (χ3n) is 4.08. The molecule has 0 aliphatic heterocycles. The summed E-state index contributed by atoms with van der Waals surface area (Å²) in [5.74, 6) is -0.893.